The molecule has 0 amide bonds. The number of aromatic nitrogens is 3. The Hall–Kier alpha value is -2.20. The normalized spacial score (nSPS) is 12.7. The van der Waals surface area contributed by atoms with E-state index in [1.807, 2.05) is 30.7 Å². The van der Waals surface area contributed by atoms with Crippen molar-refractivity contribution in [2.45, 2.75) is 25.9 Å². The van der Waals surface area contributed by atoms with E-state index in [2.05, 4.69) is 39.7 Å². The van der Waals surface area contributed by atoms with Crippen LogP contribution in [0.25, 0.3) is 10.9 Å². The lowest BCUT2D eigenvalue weighted by Crippen LogP contribution is -2.17. The molecule has 0 saturated heterocycles. The van der Waals surface area contributed by atoms with Gasteiger partial charge in [0.15, 0.2) is 0 Å². The summed E-state index contributed by atoms with van der Waals surface area (Å²) < 4.78 is 2.12. The van der Waals surface area contributed by atoms with E-state index in [0.29, 0.717) is 0 Å². The van der Waals surface area contributed by atoms with Crippen LogP contribution >= 0.6 is 0 Å². The van der Waals surface area contributed by atoms with Crippen LogP contribution in [0.3, 0.4) is 0 Å². The SMILES string of the molecule is CCn1ccnc1CC(N)c1cccc2cccnc12. The molecule has 102 valence electrons. The van der Waals surface area contributed by atoms with Crippen molar-refractivity contribution in [3.63, 3.8) is 0 Å². The number of nitrogens with two attached hydrogens (primary N) is 1. The van der Waals surface area contributed by atoms with Gasteiger partial charge in [0.1, 0.15) is 5.82 Å². The van der Waals surface area contributed by atoms with Crippen molar-refractivity contribution in [2.75, 3.05) is 0 Å². The van der Waals surface area contributed by atoms with Crippen molar-refractivity contribution in [1.82, 2.24) is 14.5 Å². The van der Waals surface area contributed by atoms with Crippen LogP contribution in [-0.4, -0.2) is 14.5 Å². The second kappa shape index (κ2) is 5.43. The fourth-order valence-corrected chi connectivity index (χ4v) is 2.55. The van der Waals surface area contributed by atoms with E-state index in [-0.39, 0.29) is 6.04 Å². The van der Waals surface area contributed by atoms with Crippen LogP contribution in [0.4, 0.5) is 0 Å². The third kappa shape index (κ3) is 2.30. The number of pyridine rings is 1. The van der Waals surface area contributed by atoms with Crippen LogP contribution in [0.2, 0.25) is 0 Å². The maximum absolute atomic E-state index is 6.38. The van der Waals surface area contributed by atoms with Crippen LogP contribution in [0.15, 0.2) is 48.9 Å². The third-order valence-corrected chi connectivity index (χ3v) is 3.61. The number of rotatable bonds is 4. The molecular formula is C16H18N4. The zero-order chi connectivity index (χ0) is 13.9. The Morgan fingerprint density at radius 2 is 2.00 bits per heavy atom. The topological polar surface area (TPSA) is 56.7 Å². The summed E-state index contributed by atoms with van der Waals surface area (Å²) >= 11 is 0. The minimum atomic E-state index is -0.0960. The lowest BCUT2D eigenvalue weighted by atomic mass is 10.0. The Morgan fingerprint density at radius 1 is 1.15 bits per heavy atom. The molecule has 2 N–H and O–H groups in total. The molecule has 1 aromatic carbocycles. The largest absolute Gasteiger partial charge is 0.335 e. The lowest BCUT2D eigenvalue weighted by Gasteiger charge is -2.14. The van der Waals surface area contributed by atoms with Gasteiger partial charge in [-0.15, -0.1) is 0 Å². The fraction of sp³-hybridized carbons (Fsp3) is 0.250. The summed E-state index contributed by atoms with van der Waals surface area (Å²) in [5.41, 5.74) is 8.44. The van der Waals surface area contributed by atoms with Crippen molar-refractivity contribution in [3.05, 3.63) is 60.3 Å². The van der Waals surface area contributed by atoms with Gasteiger partial charge in [0.2, 0.25) is 0 Å². The molecule has 0 aliphatic heterocycles. The molecule has 0 bridgehead atoms. The molecule has 3 aromatic rings. The number of nitrogens with zero attached hydrogens (tertiary/aromatic N) is 3. The summed E-state index contributed by atoms with van der Waals surface area (Å²) in [6.07, 6.45) is 6.35. The van der Waals surface area contributed by atoms with Gasteiger partial charge in [0.05, 0.1) is 5.52 Å². The number of hydrogen-bond acceptors (Lipinski definition) is 3. The maximum atomic E-state index is 6.38. The quantitative estimate of drug-likeness (QED) is 0.790. The first-order valence-corrected chi connectivity index (χ1v) is 6.89. The first-order valence-electron chi connectivity index (χ1n) is 6.89. The molecule has 3 rings (SSSR count). The summed E-state index contributed by atoms with van der Waals surface area (Å²) in [6.45, 7) is 3.02. The number of fused-ring (bicyclic) bond motifs is 1. The second-order valence-electron chi connectivity index (χ2n) is 4.86. The Bertz CT molecular complexity index is 712. The molecule has 0 aliphatic rings. The van der Waals surface area contributed by atoms with Crippen LogP contribution in [0, 0.1) is 0 Å². The molecule has 4 nitrogen and oxygen atoms in total. The second-order valence-corrected chi connectivity index (χ2v) is 4.86. The monoisotopic (exact) mass is 266 g/mol. The summed E-state index contributed by atoms with van der Waals surface area (Å²) in [6, 6.07) is 10.1. The van der Waals surface area contributed by atoms with Gasteiger partial charge in [-0.2, -0.15) is 0 Å². The van der Waals surface area contributed by atoms with E-state index in [0.717, 1.165) is 35.3 Å². The molecule has 0 saturated carbocycles. The number of para-hydroxylation sites is 1. The summed E-state index contributed by atoms with van der Waals surface area (Å²) in [4.78, 5) is 8.86. The number of hydrogen-bond donors (Lipinski definition) is 1. The highest BCUT2D eigenvalue weighted by atomic mass is 15.1. The van der Waals surface area contributed by atoms with Crippen molar-refractivity contribution in [1.29, 1.82) is 0 Å². The van der Waals surface area contributed by atoms with Crippen LogP contribution in [0.5, 0.6) is 0 Å². The lowest BCUT2D eigenvalue weighted by molar-refractivity contribution is 0.630. The van der Waals surface area contributed by atoms with E-state index >= 15 is 0 Å². The zero-order valence-corrected chi connectivity index (χ0v) is 11.5. The zero-order valence-electron chi connectivity index (χ0n) is 11.5. The van der Waals surface area contributed by atoms with Gasteiger partial charge >= 0.3 is 0 Å². The first-order chi connectivity index (χ1) is 9.79. The molecule has 2 aromatic heterocycles. The Kier molecular flexibility index (Phi) is 3.48. The van der Waals surface area contributed by atoms with Gasteiger partial charge in [0, 0.05) is 43.0 Å². The number of imidazole rings is 1. The Morgan fingerprint density at radius 3 is 2.85 bits per heavy atom. The van der Waals surface area contributed by atoms with E-state index < -0.39 is 0 Å². The predicted octanol–water partition coefficient (Wildman–Crippen LogP) is 2.69. The number of benzene rings is 1. The van der Waals surface area contributed by atoms with Gasteiger partial charge in [-0.1, -0.05) is 24.3 Å². The molecule has 0 spiro atoms. The van der Waals surface area contributed by atoms with Crippen LogP contribution in [-0.2, 0) is 13.0 Å². The molecular weight excluding hydrogens is 248 g/mol. The minimum absolute atomic E-state index is 0.0960. The van der Waals surface area contributed by atoms with E-state index in [1.165, 1.54) is 0 Å². The molecule has 0 fully saturated rings. The molecule has 1 atom stereocenters. The molecule has 20 heavy (non-hydrogen) atoms. The van der Waals surface area contributed by atoms with Gasteiger partial charge in [-0.25, -0.2) is 4.98 Å². The van der Waals surface area contributed by atoms with E-state index in [4.69, 9.17) is 5.73 Å². The average molecular weight is 266 g/mol. The minimum Gasteiger partial charge on any atom is -0.335 e. The number of aryl methyl sites for hydroxylation is 1. The van der Waals surface area contributed by atoms with E-state index in [9.17, 15) is 0 Å². The Balaban J connectivity index is 1.95. The van der Waals surface area contributed by atoms with Gasteiger partial charge in [0.25, 0.3) is 0 Å². The van der Waals surface area contributed by atoms with Gasteiger partial charge < -0.3 is 10.3 Å². The van der Waals surface area contributed by atoms with Crippen molar-refractivity contribution in [3.8, 4) is 0 Å². The van der Waals surface area contributed by atoms with E-state index in [1.54, 1.807) is 0 Å². The smallest absolute Gasteiger partial charge is 0.110 e. The summed E-state index contributed by atoms with van der Waals surface area (Å²) in [7, 11) is 0. The standard InChI is InChI=1S/C16H18N4/c1-2-20-10-9-18-15(20)11-14(17)13-7-3-5-12-6-4-8-19-16(12)13/h3-10,14H,2,11,17H2,1H3. The average Bonchev–Trinajstić information content (AvgIpc) is 2.93. The van der Waals surface area contributed by atoms with Gasteiger partial charge in [-0.05, 0) is 18.6 Å². The highest BCUT2D eigenvalue weighted by molar-refractivity contribution is 5.81. The van der Waals surface area contributed by atoms with Crippen molar-refractivity contribution in [2.24, 2.45) is 5.73 Å². The van der Waals surface area contributed by atoms with Crippen LogP contribution in [0.1, 0.15) is 24.4 Å². The molecule has 0 aliphatic carbocycles. The molecule has 1 unspecified atom stereocenters. The van der Waals surface area contributed by atoms with Crippen molar-refractivity contribution >= 4 is 10.9 Å². The van der Waals surface area contributed by atoms with Crippen molar-refractivity contribution < 1.29 is 0 Å². The molecule has 4 heteroatoms. The maximum Gasteiger partial charge on any atom is 0.110 e. The Labute approximate surface area is 118 Å². The summed E-state index contributed by atoms with van der Waals surface area (Å²) in [5.74, 6) is 1.02. The highest BCUT2D eigenvalue weighted by Crippen LogP contribution is 2.23. The predicted molar refractivity (Wildman–Crippen MR) is 80.3 cm³/mol. The fourth-order valence-electron chi connectivity index (χ4n) is 2.55. The summed E-state index contributed by atoms with van der Waals surface area (Å²) in [5, 5.41) is 1.12. The molecule has 2 heterocycles. The van der Waals surface area contributed by atoms with Crippen LogP contribution < -0.4 is 5.73 Å². The highest BCUT2D eigenvalue weighted by Gasteiger charge is 2.14. The first kappa shape index (κ1) is 12.8. The molecule has 0 radical (unpaired) electrons. The van der Waals surface area contributed by atoms with Gasteiger partial charge in [-0.3, -0.25) is 4.98 Å². The third-order valence-electron chi connectivity index (χ3n) is 3.61.